The summed E-state index contributed by atoms with van der Waals surface area (Å²) >= 11 is 6.12. The number of halogens is 4. The number of anilines is 1. The number of hydrogen-bond acceptors (Lipinski definition) is 3. The minimum atomic E-state index is -4.51. The molecule has 3 rings (SSSR count). The van der Waals surface area contributed by atoms with E-state index in [0.717, 1.165) is 5.56 Å². The number of alkyl halides is 3. The summed E-state index contributed by atoms with van der Waals surface area (Å²) in [4.78, 5) is 24.3. The van der Waals surface area contributed by atoms with Gasteiger partial charge in [0.05, 0.1) is 18.3 Å². The maximum Gasteiger partial charge on any atom is 0.405 e. The average molecular weight is 437 g/mol. The Balaban J connectivity index is 1.64. The second-order valence-corrected chi connectivity index (χ2v) is 6.76. The Labute approximate surface area is 174 Å². The van der Waals surface area contributed by atoms with Gasteiger partial charge in [0.1, 0.15) is 6.54 Å². The summed E-state index contributed by atoms with van der Waals surface area (Å²) in [5.74, 6) is -1.37. The topological polar surface area (TPSA) is 76.0 Å². The van der Waals surface area contributed by atoms with Crippen molar-refractivity contribution in [1.29, 1.82) is 0 Å². The lowest BCUT2D eigenvalue weighted by Gasteiger charge is -2.09. The minimum Gasteiger partial charge on any atom is -0.343 e. The van der Waals surface area contributed by atoms with Gasteiger partial charge < -0.3 is 10.6 Å². The van der Waals surface area contributed by atoms with Crippen LogP contribution >= 0.6 is 11.6 Å². The van der Waals surface area contributed by atoms with Crippen molar-refractivity contribution in [1.82, 2.24) is 15.1 Å². The Morgan fingerprint density at radius 1 is 1.03 bits per heavy atom. The quantitative estimate of drug-likeness (QED) is 0.610. The number of aromatic nitrogens is 2. The molecule has 0 unspecified atom stereocenters. The van der Waals surface area contributed by atoms with Crippen LogP contribution in [0.2, 0.25) is 5.02 Å². The van der Waals surface area contributed by atoms with E-state index in [1.165, 1.54) is 30.5 Å². The predicted molar refractivity (Wildman–Crippen MR) is 106 cm³/mol. The highest BCUT2D eigenvalue weighted by molar-refractivity contribution is 6.31. The third kappa shape index (κ3) is 5.84. The molecule has 0 aliphatic carbocycles. The van der Waals surface area contributed by atoms with Gasteiger partial charge in [-0.15, -0.1) is 0 Å². The van der Waals surface area contributed by atoms with Gasteiger partial charge in [-0.05, 0) is 29.8 Å². The molecular formula is C20H16ClF3N4O2. The molecule has 156 valence electrons. The fraction of sp³-hybridized carbons (Fsp3) is 0.150. The van der Waals surface area contributed by atoms with E-state index in [9.17, 15) is 22.8 Å². The molecule has 0 bridgehead atoms. The average Bonchev–Trinajstić information content (AvgIpc) is 3.16. The van der Waals surface area contributed by atoms with Crippen LogP contribution < -0.4 is 10.6 Å². The molecule has 0 saturated carbocycles. The van der Waals surface area contributed by atoms with E-state index in [-0.39, 0.29) is 16.8 Å². The van der Waals surface area contributed by atoms with Crippen molar-refractivity contribution in [2.45, 2.75) is 12.7 Å². The highest BCUT2D eigenvalue weighted by Crippen LogP contribution is 2.17. The molecule has 1 heterocycles. The number of nitrogens with zero attached hydrogens (tertiary/aromatic N) is 2. The maximum absolute atomic E-state index is 12.4. The molecule has 30 heavy (non-hydrogen) atoms. The molecule has 0 fully saturated rings. The molecule has 0 saturated heterocycles. The number of carbonyl (C=O) groups is 2. The van der Waals surface area contributed by atoms with Crippen molar-refractivity contribution < 1.29 is 22.8 Å². The number of rotatable bonds is 6. The van der Waals surface area contributed by atoms with Crippen LogP contribution in [0.3, 0.4) is 0 Å². The predicted octanol–water partition coefficient (Wildman–Crippen LogP) is 4.13. The lowest BCUT2D eigenvalue weighted by atomic mass is 10.2. The fourth-order valence-corrected chi connectivity index (χ4v) is 2.79. The largest absolute Gasteiger partial charge is 0.405 e. The first-order chi connectivity index (χ1) is 14.2. The van der Waals surface area contributed by atoms with E-state index >= 15 is 0 Å². The van der Waals surface area contributed by atoms with Gasteiger partial charge in [-0.25, -0.2) is 0 Å². The van der Waals surface area contributed by atoms with E-state index in [1.54, 1.807) is 22.3 Å². The monoisotopic (exact) mass is 436 g/mol. The lowest BCUT2D eigenvalue weighted by Crippen LogP contribution is -2.33. The van der Waals surface area contributed by atoms with Crippen LogP contribution in [0.1, 0.15) is 26.3 Å². The van der Waals surface area contributed by atoms with Crippen LogP contribution in [0.5, 0.6) is 0 Å². The van der Waals surface area contributed by atoms with E-state index in [2.05, 4.69) is 10.4 Å². The molecule has 6 nitrogen and oxygen atoms in total. The first kappa shape index (κ1) is 21.4. The van der Waals surface area contributed by atoms with Gasteiger partial charge in [-0.2, -0.15) is 18.3 Å². The van der Waals surface area contributed by atoms with Crippen molar-refractivity contribution in [2.24, 2.45) is 0 Å². The van der Waals surface area contributed by atoms with Gasteiger partial charge >= 0.3 is 6.18 Å². The third-order valence-corrected chi connectivity index (χ3v) is 4.39. The number of nitrogens with one attached hydrogen (secondary N) is 2. The summed E-state index contributed by atoms with van der Waals surface area (Å²) in [7, 11) is 0. The van der Waals surface area contributed by atoms with Crippen LogP contribution in [0, 0.1) is 0 Å². The molecule has 2 N–H and O–H groups in total. The maximum atomic E-state index is 12.4. The molecule has 1 aromatic heterocycles. The van der Waals surface area contributed by atoms with Crippen molar-refractivity contribution in [3.05, 3.63) is 82.6 Å². The van der Waals surface area contributed by atoms with Crippen LogP contribution in [0.4, 0.5) is 18.9 Å². The van der Waals surface area contributed by atoms with Crippen LogP contribution in [-0.4, -0.2) is 34.3 Å². The first-order valence-corrected chi connectivity index (χ1v) is 9.11. The van der Waals surface area contributed by atoms with E-state index in [4.69, 9.17) is 11.6 Å². The van der Waals surface area contributed by atoms with Crippen molar-refractivity contribution in [3.63, 3.8) is 0 Å². The normalized spacial score (nSPS) is 11.2. The Morgan fingerprint density at radius 3 is 2.53 bits per heavy atom. The third-order valence-electron chi connectivity index (χ3n) is 4.02. The molecule has 0 aliphatic rings. The van der Waals surface area contributed by atoms with Crippen LogP contribution in [0.15, 0.2) is 60.9 Å². The Kier molecular flexibility index (Phi) is 6.41. The van der Waals surface area contributed by atoms with Crippen molar-refractivity contribution in [3.8, 4) is 0 Å². The van der Waals surface area contributed by atoms with Gasteiger partial charge in [-0.1, -0.05) is 35.9 Å². The first-order valence-electron chi connectivity index (χ1n) is 8.73. The smallest absolute Gasteiger partial charge is 0.343 e. The number of carbonyl (C=O) groups excluding carboxylic acids is 2. The molecule has 2 aromatic carbocycles. The van der Waals surface area contributed by atoms with Gasteiger partial charge in [0.2, 0.25) is 0 Å². The summed E-state index contributed by atoms with van der Waals surface area (Å²) < 4.78 is 38.3. The van der Waals surface area contributed by atoms with Crippen molar-refractivity contribution >= 4 is 29.1 Å². The highest BCUT2D eigenvalue weighted by Gasteiger charge is 2.27. The summed E-state index contributed by atoms with van der Waals surface area (Å²) in [5, 5.41) is 9.09. The van der Waals surface area contributed by atoms with E-state index in [0.29, 0.717) is 11.6 Å². The molecule has 0 atom stereocenters. The van der Waals surface area contributed by atoms with Gasteiger partial charge in [0.25, 0.3) is 11.8 Å². The number of hydrogen-bond donors (Lipinski definition) is 2. The summed E-state index contributed by atoms with van der Waals surface area (Å²) in [5.41, 5.74) is 1.37. The zero-order valence-corrected chi connectivity index (χ0v) is 16.2. The van der Waals surface area contributed by atoms with E-state index in [1.807, 2.05) is 18.2 Å². The molecule has 0 spiro atoms. The zero-order valence-electron chi connectivity index (χ0n) is 15.4. The standard InChI is InChI=1S/C20H16ClF3N4O2/c21-17-7-2-1-4-14(17)10-28-11-15(9-26-28)19(30)27-16-6-3-5-13(8-16)18(29)25-12-20(22,23)24/h1-9,11H,10,12H2,(H,25,29)(H,27,30). The molecule has 10 heteroatoms. The minimum absolute atomic E-state index is 0.00790. The molecule has 0 aliphatic heterocycles. The van der Waals surface area contributed by atoms with E-state index < -0.39 is 24.5 Å². The zero-order chi connectivity index (χ0) is 21.7. The van der Waals surface area contributed by atoms with Gasteiger partial charge in [0.15, 0.2) is 0 Å². The highest BCUT2D eigenvalue weighted by atomic mass is 35.5. The Morgan fingerprint density at radius 2 is 1.80 bits per heavy atom. The second kappa shape index (κ2) is 9.00. The molecule has 2 amide bonds. The second-order valence-electron chi connectivity index (χ2n) is 6.35. The van der Waals surface area contributed by atoms with Crippen LogP contribution in [-0.2, 0) is 6.54 Å². The number of benzene rings is 2. The Hall–Kier alpha value is -3.33. The summed E-state index contributed by atoms with van der Waals surface area (Å²) in [6, 6.07) is 12.9. The molecule has 3 aromatic rings. The fourth-order valence-electron chi connectivity index (χ4n) is 2.59. The SMILES string of the molecule is O=C(NCC(F)(F)F)c1cccc(NC(=O)c2cnn(Cc3ccccc3Cl)c2)c1. The van der Waals surface area contributed by atoms with Gasteiger partial charge in [-0.3, -0.25) is 14.3 Å². The number of amides is 2. The Bertz CT molecular complexity index is 1070. The summed E-state index contributed by atoms with van der Waals surface area (Å²) in [6.45, 7) is -1.06. The summed E-state index contributed by atoms with van der Waals surface area (Å²) in [6.07, 6.45) is -1.59. The van der Waals surface area contributed by atoms with Crippen LogP contribution in [0.25, 0.3) is 0 Å². The van der Waals surface area contributed by atoms with Crippen molar-refractivity contribution in [2.75, 3.05) is 11.9 Å². The lowest BCUT2D eigenvalue weighted by molar-refractivity contribution is -0.123. The molecule has 0 radical (unpaired) electrons. The molecular weight excluding hydrogens is 421 g/mol. The van der Waals surface area contributed by atoms with Gasteiger partial charge in [0, 0.05) is 22.5 Å².